The van der Waals surface area contributed by atoms with Gasteiger partial charge in [0.15, 0.2) is 5.69 Å². The second-order valence-corrected chi connectivity index (χ2v) is 7.00. The van der Waals surface area contributed by atoms with Gasteiger partial charge in [-0.3, -0.25) is 4.79 Å². The van der Waals surface area contributed by atoms with Gasteiger partial charge in [-0.15, -0.1) is 0 Å². The van der Waals surface area contributed by atoms with Crippen molar-refractivity contribution in [3.63, 3.8) is 0 Å². The van der Waals surface area contributed by atoms with Gasteiger partial charge in [-0.25, -0.2) is 4.68 Å². The van der Waals surface area contributed by atoms with E-state index in [9.17, 15) is 23.1 Å². The molecule has 1 atom stereocenters. The summed E-state index contributed by atoms with van der Waals surface area (Å²) in [6.07, 6.45) is -2.37. The first kappa shape index (κ1) is 19.0. The molecule has 1 aromatic heterocycles. The largest absolute Gasteiger partial charge is 0.508 e. The van der Waals surface area contributed by atoms with Crippen molar-refractivity contribution in [3.8, 4) is 11.4 Å². The van der Waals surface area contributed by atoms with Crippen LogP contribution in [-0.4, -0.2) is 32.2 Å². The van der Waals surface area contributed by atoms with Crippen LogP contribution in [0.4, 0.5) is 13.2 Å². The smallest absolute Gasteiger partial charge is 0.416 e. The molecule has 0 bridgehead atoms. The Hall–Kier alpha value is -3.29. The van der Waals surface area contributed by atoms with E-state index in [2.05, 4.69) is 5.10 Å². The molecule has 3 aromatic rings. The Balaban J connectivity index is 1.59. The average molecular weight is 401 g/mol. The Morgan fingerprint density at radius 2 is 1.97 bits per heavy atom. The third kappa shape index (κ3) is 3.57. The number of carbonyl (C=O) groups is 1. The van der Waals surface area contributed by atoms with Crippen molar-refractivity contribution in [2.75, 3.05) is 6.54 Å². The highest BCUT2D eigenvalue weighted by molar-refractivity contribution is 5.92. The minimum atomic E-state index is -4.45. The molecule has 1 aliphatic heterocycles. The van der Waals surface area contributed by atoms with Gasteiger partial charge in [0.05, 0.1) is 17.3 Å². The molecule has 2 aromatic carbocycles. The number of halogens is 3. The molecule has 1 N–H and O–H groups in total. The normalized spacial score (nSPS) is 16.6. The lowest BCUT2D eigenvalue weighted by atomic mass is 9.93. The summed E-state index contributed by atoms with van der Waals surface area (Å²) < 4.78 is 40.1. The Kier molecular flexibility index (Phi) is 4.56. The fourth-order valence-electron chi connectivity index (χ4n) is 3.65. The number of benzene rings is 2. The lowest BCUT2D eigenvalue weighted by Crippen LogP contribution is -2.39. The zero-order chi connectivity index (χ0) is 20.8. The fraction of sp³-hybridized carbons (Fsp3) is 0.238. The summed E-state index contributed by atoms with van der Waals surface area (Å²) in [6, 6.07) is 11.2. The number of aromatic hydroxyl groups is 1. The van der Waals surface area contributed by atoms with Crippen LogP contribution in [0, 0.1) is 0 Å². The molecule has 0 fully saturated rings. The van der Waals surface area contributed by atoms with Gasteiger partial charge < -0.3 is 10.0 Å². The number of nitrogens with zero attached hydrogens (tertiary/aromatic N) is 3. The Morgan fingerprint density at radius 1 is 1.17 bits per heavy atom. The monoisotopic (exact) mass is 401 g/mol. The van der Waals surface area contributed by atoms with E-state index in [0.29, 0.717) is 13.0 Å². The first-order valence-corrected chi connectivity index (χ1v) is 9.10. The minimum absolute atomic E-state index is 0.163. The van der Waals surface area contributed by atoms with Crippen LogP contribution in [0.15, 0.2) is 54.7 Å². The summed E-state index contributed by atoms with van der Waals surface area (Å²) in [4.78, 5) is 14.7. The maximum absolute atomic E-state index is 13.0. The number of phenols is 1. The SMILES string of the molecule is CC1c2ccc(O)cc2CCN1C(=O)c1ccn(-c2cccc(C(F)(F)F)c2)n1. The van der Waals surface area contributed by atoms with E-state index in [1.807, 2.05) is 6.92 Å². The summed E-state index contributed by atoms with van der Waals surface area (Å²) in [5, 5.41) is 13.8. The van der Waals surface area contributed by atoms with Gasteiger partial charge >= 0.3 is 6.18 Å². The van der Waals surface area contributed by atoms with Crippen molar-refractivity contribution in [1.82, 2.24) is 14.7 Å². The highest BCUT2D eigenvalue weighted by Gasteiger charge is 2.31. The van der Waals surface area contributed by atoms with E-state index in [4.69, 9.17) is 0 Å². The molecule has 0 saturated carbocycles. The first-order chi connectivity index (χ1) is 13.7. The number of hydrogen-bond acceptors (Lipinski definition) is 3. The van der Waals surface area contributed by atoms with Gasteiger partial charge in [0.25, 0.3) is 5.91 Å². The molecule has 29 heavy (non-hydrogen) atoms. The quantitative estimate of drug-likeness (QED) is 0.694. The molecule has 1 unspecified atom stereocenters. The maximum Gasteiger partial charge on any atom is 0.416 e. The van der Waals surface area contributed by atoms with Gasteiger partial charge in [0.2, 0.25) is 0 Å². The highest BCUT2D eigenvalue weighted by Crippen LogP contribution is 2.33. The Morgan fingerprint density at radius 3 is 2.72 bits per heavy atom. The van der Waals surface area contributed by atoms with Crippen LogP contribution >= 0.6 is 0 Å². The summed E-state index contributed by atoms with van der Waals surface area (Å²) in [5.74, 6) is -0.0995. The van der Waals surface area contributed by atoms with Gasteiger partial charge in [-0.05, 0) is 60.9 Å². The number of phenolic OH excluding ortho intramolecular Hbond substituents is 1. The van der Waals surface area contributed by atoms with Gasteiger partial charge in [-0.2, -0.15) is 18.3 Å². The number of aromatic nitrogens is 2. The van der Waals surface area contributed by atoms with Crippen LogP contribution in [0.2, 0.25) is 0 Å². The van der Waals surface area contributed by atoms with Crippen molar-refractivity contribution in [2.45, 2.75) is 25.6 Å². The average Bonchev–Trinajstić information content (AvgIpc) is 3.17. The van der Waals surface area contributed by atoms with E-state index in [1.165, 1.54) is 29.1 Å². The van der Waals surface area contributed by atoms with Crippen molar-refractivity contribution in [2.24, 2.45) is 0 Å². The van der Waals surface area contributed by atoms with Crippen LogP contribution in [0.25, 0.3) is 5.69 Å². The molecule has 0 spiro atoms. The first-order valence-electron chi connectivity index (χ1n) is 9.10. The summed E-state index contributed by atoms with van der Waals surface area (Å²) in [7, 11) is 0. The lowest BCUT2D eigenvalue weighted by Gasteiger charge is -2.34. The number of hydrogen-bond donors (Lipinski definition) is 1. The summed E-state index contributed by atoms with van der Waals surface area (Å²) in [6.45, 7) is 2.36. The molecular formula is C21H18F3N3O2. The molecule has 4 rings (SSSR count). The van der Waals surface area contributed by atoms with Crippen LogP contribution in [0.1, 0.15) is 40.1 Å². The lowest BCUT2D eigenvalue weighted by molar-refractivity contribution is -0.137. The second-order valence-electron chi connectivity index (χ2n) is 7.00. The van der Waals surface area contributed by atoms with E-state index in [-0.39, 0.29) is 29.1 Å². The van der Waals surface area contributed by atoms with E-state index in [1.54, 1.807) is 23.1 Å². The molecule has 0 radical (unpaired) electrons. The Labute approximate surface area is 165 Å². The molecule has 150 valence electrons. The van der Waals surface area contributed by atoms with Gasteiger partial charge in [0, 0.05) is 12.7 Å². The van der Waals surface area contributed by atoms with Gasteiger partial charge in [0.1, 0.15) is 5.75 Å². The molecule has 1 amide bonds. The number of carbonyl (C=O) groups excluding carboxylic acids is 1. The van der Waals surface area contributed by atoms with Crippen LogP contribution in [0.3, 0.4) is 0 Å². The molecule has 5 nitrogen and oxygen atoms in total. The molecule has 8 heteroatoms. The number of rotatable bonds is 2. The molecule has 1 aliphatic rings. The molecule has 0 aliphatic carbocycles. The highest BCUT2D eigenvalue weighted by atomic mass is 19.4. The number of fused-ring (bicyclic) bond motifs is 1. The predicted octanol–water partition coefficient (Wildman–Crippen LogP) is 4.36. The maximum atomic E-state index is 13.0. The van der Waals surface area contributed by atoms with Gasteiger partial charge in [-0.1, -0.05) is 12.1 Å². The van der Waals surface area contributed by atoms with E-state index >= 15 is 0 Å². The number of amides is 1. The minimum Gasteiger partial charge on any atom is -0.508 e. The molecule has 2 heterocycles. The van der Waals surface area contributed by atoms with Crippen LogP contribution in [0.5, 0.6) is 5.75 Å². The fourth-order valence-corrected chi connectivity index (χ4v) is 3.65. The summed E-state index contributed by atoms with van der Waals surface area (Å²) in [5.41, 5.74) is 1.57. The second kappa shape index (κ2) is 6.95. The number of alkyl halides is 3. The third-order valence-electron chi connectivity index (χ3n) is 5.17. The zero-order valence-corrected chi connectivity index (χ0v) is 15.5. The van der Waals surface area contributed by atoms with Crippen molar-refractivity contribution in [3.05, 3.63) is 77.1 Å². The van der Waals surface area contributed by atoms with E-state index in [0.717, 1.165) is 23.3 Å². The topological polar surface area (TPSA) is 58.4 Å². The summed E-state index contributed by atoms with van der Waals surface area (Å²) >= 11 is 0. The predicted molar refractivity (Wildman–Crippen MR) is 99.8 cm³/mol. The van der Waals surface area contributed by atoms with Crippen molar-refractivity contribution >= 4 is 5.91 Å². The van der Waals surface area contributed by atoms with E-state index < -0.39 is 11.7 Å². The molecular weight excluding hydrogens is 383 g/mol. The van der Waals surface area contributed by atoms with Crippen LogP contribution in [-0.2, 0) is 12.6 Å². The third-order valence-corrected chi connectivity index (χ3v) is 5.17. The van der Waals surface area contributed by atoms with Crippen LogP contribution < -0.4 is 0 Å². The van der Waals surface area contributed by atoms with Crippen molar-refractivity contribution in [1.29, 1.82) is 0 Å². The Bertz CT molecular complexity index is 1080. The standard InChI is InChI=1S/C21H18F3N3O2/c1-13-18-6-5-17(28)11-14(18)7-9-26(13)20(29)19-8-10-27(25-19)16-4-2-3-15(12-16)21(22,23)24/h2-6,8,10-13,28H,7,9H2,1H3. The zero-order valence-electron chi connectivity index (χ0n) is 15.5. The molecule has 0 saturated heterocycles. The van der Waals surface area contributed by atoms with Crippen molar-refractivity contribution < 1.29 is 23.1 Å².